The Labute approximate surface area is 162 Å². The second-order valence-corrected chi connectivity index (χ2v) is 7.16. The summed E-state index contributed by atoms with van der Waals surface area (Å²) in [6.45, 7) is 8.43. The fourth-order valence-corrected chi connectivity index (χ4v) is 3.07. The zero-order valence-electron chi connectivity index (χ0n) is 17.3. The molecule has 0 unspecified atom stereocenters. The molecular weight excluding hydrogens is 340 g/mol. The number of hydrogen-bond acceptors (Lipinski definition) is 4. The highest BCUT2D eigenvalue weighted by atomic mass is 16.5. The monoisotopic (exact) mass is 369 g/mol. The number of benzene rings is 2. The number of ether oxygens (including phenoxy) is 3. The molecule has 0 saturated carbocycles. The first-order valence-corrected chi connectivity index (χ1v) is 9.20. The van der Waals surface area contributed by atoms with Crippen LogP contribution in [-0.4, -0.2) is 27.1 Å². The normalized spacial score (nSPS) is 11.0. The molecule has 4 heteroatoms. The number of carbonyl (C=O) groups excluding carboxylic acids is 1. The van der Waals surface area contributed by atoms with Gasteiger partial charge in [-0.05, 0) is 29.0 Å². The molecule has 4 nitrogen and oxygen atoms in total. The Kier molecular flexibility index (Phi) is 6.89. The summed E-state index contributed by atoms with van der Waals surface area (Å²) >= 11 is 0. The minimum Gasteiger partial charge on any atom is -0.496 e. The lowest BCUT2D eigenvalue weighted by Gasteiger charge is -2.17. The van der Waals surface area contributed by atoms with Crippen LogP contribution in [0.3, 0.4) is 0 Å². The highest BCUT2D eigenvalue weighted by Gasteiger charge is 2.21. The number of hydrogen-bond donors (Lipinski definition) is 0. The van der Waals surface area contributed by atoms with E-state index in [2.05, 4.69) is 33.8 Å². The predicted octanol–water partition coefficient (Wildman–Crippen LogP) is 5.18. The highest BCUT2D eigenvalue weighted by molar-refractivity contribution is 5.99. The molecule has 0 atom stereocenters. The van der Waals surface area contributed by atoms with E-state index >= 15 is 0 Å². The lowest BCUT2D eigenvalue weighted by molar-refractivity contribution is 0.0989. The van der Waals surface area contributed by atoms with E-state index in [1.807, 2.05) is 12.1 Å². The van der Waals surface area contributed by atoms with Crippen molar-refractivity contribution in [3.05, 3.63) is 52.6 Å². The molecule has 0 aliphatic carbocycles. The average molecular weight is 369 g/mol. The van der Waals surface area contributed by atoms with Crippen LogP contribution in [0.15, 0.2) is 24.3 Å². The van der Waals surface area contributed by atoms with E-state index in [0.29, 0.717) is 34.3 Å². The van der Waals surface area contributed by atoms with Crippen LogP contribution in [0.5, 0.6) is 17.2 Å². The lowest BCUT2D eigenvalue weighted by Crippen LogP contribution is -2.11. The Morgan fingerprint density at radius 2 is 1.52 bits per heavy atom. The highest BCUT2D eigenvalue weighted by Crippen LogP contribution is 2.35. The van der Waals surface area contributed by atoms with Crippen molar-refractivity contribution in [2.45, 2.75) is 46.0 Å². The van der Waals surface area contributed by atoms with Crippen molar-refractivity contribution in [2.24, 2.45) is 0 Å². The summed E-state index contributed by atoms with van der Waals surface area (Å²) < 4.78 is 16.2. The third-order valence-electron chi connectivity index (χ3n) is 4.65. The molecule has 1 radical (unpaired) electrons. The summed E-state index contributed by atoms with van der Waals surface area (Å²) in [5, 5.41) is 0. The lowest BCUT2D eigenvalue weighted by atomic mass is 9.88. The maximum atomic E-state index is 13.1. The van der Waals surface area contributed by atoms with Gasteiger partial charge in [0, 0.05) is 29.7 Å². The molecule has 0 bridgehead atoms. The molecule has 0 aromatic heterocycles. The fraction of sp³-hybridized carbons (Fsp3) is 0.435. The van der Waals surface area contributed by atoms with Gasteiger partial charge in [0.15, 0.2) is 5.78 Å². The van der Waals surface area contributed by atoms with E-state index in [1.165, 1.54) is 0 Å². The second kappa shape index (κ2) is 8.94. The Morgan fingerprint density at radius 1 is 0.926 bits per heavy atom. The van der Waals surface area contributed by atoms with Crippen molar-refractivity contribution in [3.63, 3.8) is 0 Å². The first-order chi connectivity index (χ1) is 12.8. The molecule has 2 aromatic rings. The first-order valence-electron chi connectivity index (χ1n) is 9.20. The number of ketones is 1. The van der Waals surface area contributed by atoms with E-state index in [1.54, 1.807) is 33.5 Å². The SMILES string of the molecule is COc1cc(OC)c(CC(=O)c2ccc(C(C)C)[c]c2C(C)C)c(OC)c1. The number of carbonyl (C=O) groups is 1. The van der Waals surface area contributed by atoms with Crippen LogP contribution in [0.2, 0.25) is 0 Å². The molecule has 2 aromatic carbocycles. The van der Waals surface area contributed by atoms with Gasteiger partial charge in [-0.15, -0.1) is 0 Å². The predicted molar refractivity (Wildman–Crippen MR) is 108 cm³/mol. The maximum Gasteiger partial charge on any atom is 0.167 e. The summed E-state index contributed by atoms with van der Waals surface area (Å²) in [6, 6.07) is 10.9. The average Bonchev–Trinajstić information content (AvgIpc) is 2.67. The minimum atomic E-state index is 0.0204. The molecule has 0 saturated heterocycles. The van der Waals surface area contributed by atoms with Crippen LogP contribution in [0, 0.1) is 6.07 Å². The van der Waals surface area contributed by atoms with Crippen molar-refractivity contribution in [1.82, 2.24) is 0 Å². The fourth-order valence-electron chi connectivity index (χ4n) is 3.07. The zero-order valence-corrected chi connectivity index (χ0v) is 17.3. The van der Waals surface area contributed by atoms with Gasteiger partial charge in [0.25, 0.3) is 0 Å². The summed E-state index contributed by atoms with van der Waals surface area (Å²) in [5.74, 6) is 2.38. The molecule has 0 fully saturated rings. The standard InChI is InChI=1S/C23H29O4/c1-14(2)16-8-9-18(19(10-16)15(3)4)21(24)13-20-22(26-6)11-17(25-5)12-23(20)27-7/h8-9,11-12,14-15H,13H2,1-7H3. The second-order valence-electron chi connectivity index (χ2n) is 7.16. The van der Waals surface area contributed by atoms with Gasteiger partial charge in [-0.2, -0.15) is 0 Å². The van der Waals surface area contributed by atoms with E-state index in [0.717, 1.165) is 11.1 Å². The first kappa shape index (κ1) is 20.8. The number of Topliss-reactive ketones (excluding diaryl/α,β-unsaturated/α-hetero) is 1. The van der Waals surface area contributed by atoms with Gasteiger partial charge >= 0.3 is 0 Å². The molecule has 0 amide bonds. The smallest absolute Gasteiger partial charge is 0.167 e. The van der Waals surface area contributed by atoms with Crippen LogP contribution >= 0.6 is 0 Å². The molecule has 27 heavy (non-hydrogen) atoms. The van der Waals surface area contributed by atoms with Crippen LogP contribution in [0.4, 0.5) is 0 Å². The van der Waals surface area contributed by atoms with E-state index < -0.39 is 0 Å². The molecule has 0 heterocycles. The number of methoxy groups -OCH3 is 3. The Morgan fingerprint density at radius 3 is 1.96 bits per heavy atom. The molecule has 0 spiro atoms. The van der Waals surface area contributed by atoms with E-state index in [9.17, 15) is 4.79 Å². The number of rotatable bonds is 8. The van der Waals surface area contributed by atoms with Crippen molar-refractivity contribution >= 4 is 5.78 Å². The molecule has 0 aliphatic heterocycles. The van der Waals surface area contributed by atoms with Gasteiger partial charge in [-0.25, -0.2) is 0 Å². The largest absolute Gasteiger partial charge is 0.496 e. The topological polar surface area (TPSA) is 44.8 Å². The molecule has 0 aliphatic rings. The van der Waals surface area contributed by atoms with Crippen LogP contribution in [-0.2, 0) is 6.42 Å². The Bertz CT molecular complexity index is 781. The van der Waals surface area contributed by atoms with Gasteiger partial charge < -0.3 is 14.2 Å². The van der Waals surface area contributed by atoms with Crippen molar-refractivity contribution in [2.75, 3.05) is 21.3 Å². The summed E-state index contributed by atoms with van der Waals surface area (Å²) in [4.78, 5) is 13.1. The van der Waals surface area contributed by atoms with Crippen LogP contribution in [0.1, 0.15) is 66.6 Å². The summed E-state index contributed by atoms with van der Waals surface area (Å²) in [5.41, 5.74) is 3.50. The zero-order chi connectivity index (χ0) is 20.1. The Balaban J connectivity index is 2.46. The van der Waals surface area contributed by atoms with Crippen molar-refractivity contribution < 1.29 is 19.0 Å². The van der Waals surface area contributed by atoms with Crippen molar-refractivity contribution in [1.29, 1.82) is 0 Å². The Hall–Kier alpha value is -2.49. The van der Waals surface area contributed by atoms with Crippen LogP contribution in [0.25, 0.3) is 0 Å². The van der Waals surface area contributed by atoms with Crippen LogP contribution < -0.4 is 14.2 Å². The molecule has 0 N–H and O–H groups in total. The minimum absolute atomic E-state index is 0.0204. The van der Waals surface area contributed by atoms with Gasteiger partial charge in [0.2, 0.25) is 0 Å². The third-order valence-corrected chi connectivity index (χ3v) is 4.65. The quantitative estimate of drug-likeness (QED) is 0.601. The van der Waals surface area contributed by atoms with E-state index in [4.69, 9.17) is 14.2 Å². The molecule has 2 rings (SSSR count). The van der Waals surface area contributed by atoms with E-state index in [-0.39, 0.29) is 18.1 Å². The maximum absolute atomic E-state index is 13.1. The summed E-state index contributed by atoms with van der Waals surface area (Å²) in [6.07, 6.45) is 0.185. The molecular formula is C23H29O4. The van der Waals surface area contributed by atoms with Crippen molar-refractivity contribution in [3.8, 4) is 17.2 Å². The summed E-state index contributed by atoms with van der Waals surface area (Å²) in [7, 11) is 4.74. The van der Waals surface area contributed by atoms with Gasteiger partial charge in [-0.3, -0.25) is 4.79 Å². The van der Waals surface area contributed by atoms with Gasteiger partial charge in [0.1, 0.15) is 17.2 Å². The third kappa shape index (κ3) is 4.62. The van der Waals surface area contributed by atoms with Gasteiger partial charge in [-0.1, -0.05) is 39.8 Å². The molecule has 145 valence electrons. The van der Waals surface area contributed by atoms with Gasteiger partial charge in [0.05, 0.1) is 21.3 Å².